The summed E-state index contributed by atoms with van der Waals surface area (Å²) in [7, 11) is 0. The van der Waals surface area contributed by atoms with Gasteiger partial charge in [-0.1, -0.05) is 41.9 Å². The van der Waals surface area contributed by atoms with Crippen LogP contribution in [0.3, 0.4) is 0 Å². The molecule has 1 N–H and O–H groups in total. The van der Waals surface area contributed by atoms with Gasteiger partial charge < -0.3 is 5.11 Å². The lowest BCUT2D eigenvalue weighted by molar-refractivity contribution is 0.475. The van der Waals surface area contributed by atoms with Gasteiger partial charge >= 0.3 is 0 Å². The zero-order valence-corrected chi connectivity index (χ0v) is 11.0. The summed E-state index contributed by atoms with van der Waals surface area (Å²) in [6.45, 7) is 4.47. The Morgan fingerprint density at radius 1 is 1.20 bits per heavy atom. The normalized spacial score (nSPS) is 13.1. The fourth-order valence-electron chi connectivity index (χ4n) is 1.50. The van der Waals surface area contributed by atoms with Gasteiger partial charge in [0, 0.05) is 4.83 Å². The molecule has 1 rings (SSSR count). The van der Waals surface area contributed by atoms with Gasteiger partial charge in [-0.3, -0.25) is 0 Å². The van der Waals surface area contributed by atoms with E-state index in [0.717, 1.165) is 6.42 Å². The maximum Gasteiger partial charge on any atom is 0.115 e. The fourth-order valence-corrected chi connectivity index (χ4v) is 1.82. The van der Waals surface area contributed by atoms with Gasteiger partial charge in [-0.15, -0.1) is 0 Å². The second-order valence-electron chi connectivity index (χ2n) is 4.32. The van der Waals surface area contributed by atoms with E-state index in [-0.39, 0.29) is 0 Å². The predicted molar refractivity (Wildman–Crippen MR) is 68.6 cm³/mol. The van der Waals surface area contributed by atoms with Gasteiger partial charge in [-0.25, -0.2) is 0 Å². The number of halogens is 1. The maximum atomic E-state index is 9.14. The molecule has 0 saturated carbocycles. The van der Waals surface area contributed by atoms with Gasteiger partial charge in [0.2, 0.25) is 0 Å². The number of benzene rings is 1. The molecule has 1 nitrogen and oxygen atoms in total. The molecule has 84 valence electrons. The second kappa shape index (κ2) is 6.16. The molecule has 0 aliphatic carbocycles. The highest BCUT2D eigenvalue weighted by atomic mass is 79.9. The summed E-state index contributed by atoms with van der Waals surface area (Å²) < 4.78 is 0. The molecule has 0 aromatic heterocycles. The average Bonchev–Trinajstić information content (AvgIpc) is 2.20. The van der Waals surface area contributed by atoms with Crippen molar-refractivity contribution in [3.8, 4) is 5.75 Å². The van der Waals surface area contributed by atoms with Crippen molar-refractivity contribution in [2.24, 2.45) is 5.92 Å². The molecule has 0 heterocycles. The largest absolute Gasteiger partial charge is 0.508 e. The van der Waals surface area contributed by atoms with Crippen molar-refractivity contribution in [1.82, 2.24) is 0 Å². The van der Waals surface area contributed by atoms with E-state index in [4.69, 9.17) is 5.11 Å². The Balaban J connectivity index is 2.29. The van der Waals surface area contributed by atoms with Crippen LogP contribution in [0.1, 0.15) is 32.3 Å². The van der Waals surface area contributed by atoms with Crippen LogP contribution in [0, 0.1) is 5.92 Å². The smallest absolute Gasteiger partial charge is 0.115 e. The predicted octanol–water partition coefficient (Wildman–Crippen LogP) is 4.13. The van der Waals surface area contributed by atoms with Crippen molar-refractivity contribution in [3.63, 3.8) is 0 Å². The molecule has 0 radical (unpaired) electrons. The summed E-state index contributed by atoms with van der Waals surface area (Å²) in [6.07, 6.45) is 3.49. The first-order valence-corrected chi connectivity index (χ1v) is 6.43. The highest BCUT2D eigenvalue weighted by molar-refractivity contribution is 9.09. The van der Waals surface area contributed by atoms with Crippen LogP contribution in [0.5, 0.6) is 5.75 Å². The summed E-state index contributed by atoms with van der Waals surface area (Å²) in [4.78, 5) is 0.620. The molecule has 0 amide bonds. The van der Waals surface area contributed by atoms with Crippen LogP contribution in [-0.4, -0.2) is 9.93 Å². The standard InChI is InChI=1S/C13H19BrO/c1-10(2)13(14)5-3-4-11-6-8-12(15)9-7-11/h6-10,13,15H,3-5H2,1-2H3. The lowest BCUT2D eigenvalue weighted by Crippen LogP contribution is -2.06. The Hall–Kier alpha value is -0.500. The third-order valence-electron chi connectivity index (χ3n) is 2.61. The number of hydrogen-bond acceptors (Lipinski definition) is 1. The lowest BCUT2D eigenvalue weighted by atomic mass is 10.0. The number of alkyl halides is 1. The van der Waals surface area contributed by atoms with Crippen LogP contribution < -0.4 is 0 Å². The number of hydrogen-bond donors (Lipinski definition) is 1. The molecule has 1 aromatic rings. The Morgan fingerprint density at radius 3 is 2.33 bits per heavy atom. The highest BCUT2D eigenvalue weighted by Gasteiger charge is 2.08. The van der Waals surface area contributed by atoms with E-state index in [0.29, 0.717) is 16.5 Å². The van der Waals surface area contributed by atoms with E-state index in [2.05, 4.69) is 29.8 Å². The molecule has 1 unspecified atom stereocenters. The van der Waals surface area contributed by atoms with Gasteiger partial charge in [0.15, 0.2) is 0 Å². The molecule has 0 fully saturated rings. The zero-order chi connectivity index (χ0) is 11.3. The third kappa shape index (κ3) is 4.70. The Labute approximate surface area is 101 Å². The number of aryl methyl sites for hydroxylation is 1. The topological polar surface area (TPSA) is 20.2 Å². The van der Waals surface area contributed by atoms with Crippen LogP contribution in [0.25, 0.3) is 0 Å². The van der Waals surface area contributed by atoms with Crippen molar-refractivity contribution < 1.29 is 5.11 Å². The van der Waals surface area contributed by atoms with E-state index in [9.17, 15) is 0 Å². The first kappa shape index (κ1) is 12.6. The molecule has 2 heteroatoms. The monoisotopic (exact) mass is 270 g/mol. The highest BCUT2D eigenvalue weighted by Crippen LogP contribution is 2.19. The lowest BCUT2D eigenvalue weighted by Gasteiger charge is -2.12. The zero-order valence-electron chi connectivity index (χ0n) is 9.41. The Bertz CT molecular complexity index is 279. The van der Waals surface area contributed by atoms with Crippen LogP contribution >= 0.6 is 15.9 Å². The van der Waals surface area contributed by atoms with Crippen LogP contribution in [0.2, 0.25) is 0 Å². The van der Waals surface area contributed by atoms with E-state index < -0.39 is 0 Å². The molecule has 0 aliphatic heterocycles. The number of rotatable bonds is 5. The summed E-state index contributed by atoms with van der Waals surface area (Å²) in [6, 6.07) is 7.49. The van der Waals surface area contributed by atoms with E-state index in [1.54, 1.807) is 12.1 Å². The van der Waals surface area contributed by atoms with Gasteiger partial charge in [0.1, 0.15) is 5.75 Å². The van der Waals surface area contributed by atoms with Crippen molar-refractivity contribution in [2.75, 3.05) is 0 Å². The van der Waals surface area contributed by atoms with Crippen molar-refractivity contribution in [2.45, 2.75) is 37.9 Å². The minimum Gasteiger partial charge on any atom is -0.508 e. The summed E-state index contributed by atoms with van der Waals surface area (Å²) in [5.74, 6) is 1.05. The van der Waals surface area contributed by atoms with E-state index in [1.807, 2.05) is 12.1 Å². The molecule has 0 bridgehead atoms. The molecule has 1 atom stereocenters. The number of aromatic hydroxyl groups is 1. The van der Waals surface area contributed by atoms with Gasteiger partial charge in [0.05, 0.1) is 0 Å². The summed E-state index contributed by atoms with van der Waals surface area (Å²) in [5, 5.41) is 9.14. The Morgan fingerprint density at radius 2 is 1.80 bits per heavy atom. The fraction of sp³-hybridized carbons (Fsp3) is 0.538. The number of phenolic OH excluding ortho intramolecular Hbond substituents is 1. The van der Waals surface area contributed by atoms with Crippen LogP contribution in [0.4, 0.5) is 0 Å². The van der Waals surface area contributed by atoms with E-state index >= 15 is 0 Å². The molecule has 15 heavy (non-hydrogen) atoms. The molecule has 1 aromatic carbocycles. The SMILES string of the molecule is CC(C)C(Br)CCCc1ccc(O)cc1. The van der Waals surface area contributed by atoms with Gasteiger partial charge in [0.25, 0.3) is 0 Å². The quantitative estimate of drug-likeness (QED) is 0.798. The molecular formula is C13H19BrO. The van der Waals surface area contributed by atoms with Crippen LogP contribution in [-0.2, 0) is 6.42 Å². The summed E-state index contributed by atoms with van der Waals surface area (Å²) in [5.41, 5.74) is 1.30. The maximum absolute atomic E-state index is 9.14. The second-order valence-corrected chi connectivity index (χ2v) is 5.49. The first-order valence-electron chi connectivity index (χ1n) is 5.51. The molecule has 0 spiro atoms. The van der Waals surface area contributed by atoms with E-state index in [1.165, 1.54) is 18.4 Å². The number of phenols is 1. The molecular weight excluding hydrogens is 252 g/mol. The molecule has 0 aliphatic rings. The average molecular weight is 271 g/mol. The minimum absolute atomic E-state index is 0.347. The van der Waals surface area contributed by atoms with Gasteiger partial charge in [-0.05, 0) is 42.9 Å². The van der Waals surface area contributed by atoms with Crippen molar-refractivity contribution in [3.05, 3.63) is 29.8 Å². The third-order valence-corrected chi connectivity index (χ3v) is 4.12. The Kier molecular flexibility index (Phi) is 5.16. The summed E-state index contributed by atoms with van der Waals surface area (Å²) >= 11 is 3.69. The van der Waals surface area contributed by atoms with Gasteiger partial charge in [-0.2, -0.15) is 0 Å². The van der Waals surface area contributed by atoms with Crippen LogP contribution in [0.15, 0.2) is 24.3 Å². The van der Waals surface area contributed by atoms with Crippen molar-refractivity contribution >= 4 is 15.9 Å². The first-order chi connectivity index (χ1) is 7.09. The minimum atomic E-state index is 0.347. The van der Waals surface area contributed by atoms with Crippen molar-refractivity contribution in [1.29, 1.82) is 0 Å². The molecule has 0 saturated heterocycles.